The minimum Gasteiger partial charge on any atom is -0.314 e. The predicted molar refractivity (Wildman–Crippen MR) is 82.6 cm³/mol. The Morgan fingerprint density at radius 1 is 1.21 bits per heavy atom. The Balaban J connectivity index is 2.07. The lowest BCUT2D eigenvalue weighted by atomic mass is 9.88. The number of benzene rings is 1. The Bertz CT molecular complexity index is 431. The van der Waals surface area contributed by atoms with Crippen molar-refractivity contribution < 1.29 is 0 Å². The van der Waals surface area contributed by atoms with Gasteiger partial charge in [0.25, 0.3) is 0 Å². The van der Waals surface area contributed by atoms with Gasteiger partial charge >= 0.3 is 0 Å². The number of nitrogens with zero attached hydrogens (tertiary/aromatic N) is 1. The zero-order valence-corrected chi connectivity index (χ0v) is 13.1. The zero-order chi connectivity index (χ0) is 14.0. The molecule has 2 heteroatoms. The number of hydrogen-bond acceptors (Lipinski definition) is 2. The van der Waals surface area contributed by atoms with Gasteiger partial charge in [-0.05, 0) is 58.7 Å². The van der Waals surface area contributed by atoms with Gasteiger partial charge in [0.2, 0.25) is 0 Å². The van der Waals surface area contributed by atoms with Crippen molar-refractivity contribution in [3.8, 4) is 0 Å². The fourth-order valence-electron chi connectivity index (χ4n) is 3.15. The van der Waals surface area contributed by atoms with E-state index in [-0.39, 0.29) is 0 Å². The third-order valence-corrected chi connectivity index (χ3v) is 4.93. The smallest absolute Gasteiger partial charge is 0.0322 e. The molecule has 0 aliphatic carbocycles. The van der Waals surface area contributed by atoms with E-state index in [0.717, 1.165) is 0 Å². The van der Waals surface area contributed by atoms with Crippen LogP contribution >= 0.6 is 0 Å². The van der Waals surface area contributed by atoms with E-state index in [9.17, 15) is 0 Å². The Labute approximate surface area is 118 Å². The van der Waals surface area contributed by atoms with Gasteiger partial charge in [-0.15, -0.1) is 0 Å². The third-order valence-electron chi connectivity index (χ3n) is 4.93. The molecule has 2 rings (SSSR count). The Kier molecular flexibility index (Phi) is 4.32. The second-order valence-corrected chi connectivity index (χ2v) is 6.38. The molecule has 1 aliphatic heterocycles. The maximum Gasteiger partial charge on any atom is 0.0322 e. The van der Waals surface area contributed by atoms with Crippen LogP contribution in [0.25, 0.3) is 0 Å². The number of nitrogens with one attached hydrogen (secondary N) is 1. The van der Waals surface area contributed by atoms with Crippen LogP contribution in [-0.2, 0) is 0 Å². The quantitative estimate of drug-likeness (QED) is 0.895. The van der Waals surface area contributed by atoms with E-state index in [1.807, 2.05) is 0 Å². The van der Waals surface area contributed by atoms with Crippen LogP contribution in [0.5, 0.6) is 0 Å². The van der Waals surface area contributed by atoms with Gasteiger partial charge in [0, 0.05) is 24.7 Å². The van der Waals surface area contributed by atoms with Crippen LogP contribution in [0.15, 0.2) is 18.2 Å². The van der Waals surface area contributed by atoms with E-state index in [4.69, 9.17) is 0 Å². The molecule has 0 amide bonds. The lowest BCUT2D eigenvalue weighted by molar-refractivity contribution is 0.117. The maximum atomic E-state index is 3.47. The molecule has 1 aromatic carbocycles. The van der Waals surface area contributed by atoms with E-state index in [2.05, 4.69) is 63.2 Å². The molecule has 0 bridgehead atoms. The summed E-state index contributed by atoms with van der Waals surface area (Å²) in [4.78, 5) is 2.62. The van der Waals surface area contributed by atoms with Crippen molar-refractivity contribution in [2.24, 2.45) is 0 Å². The first kappa shape index (κ1) is 14.5. The molecule has 1 atom stereocenters. The second kappa shape index (κ2) is 5.64. The molecule has 1 saturated heterocycles. The van der Waals surface area contributed by atoms with Crippen molar-refractivity contribution in [2.75, 3.05) is 20.1 Å². The van der Waals surface area contributed by atoms with Crippen molar-refractivity contribution in [3.05, 3.63) is 34.9 Å². The highest BCUT2D eigenvalue weighted by molar-refractivity contribution is 5.32. The average Bonchev–Trinajstić information content (AvgIpc) is 2.39. The molecule has 1 unspecified atom stereocenters. The normalized spacial score (nSPS) is 21.3. The molecule has 1 aromatic rings. The molecule has 1 heterocycles. The van der Waals surface area contributed by atoms with E-state index in [1.165, 1.54) is 42.6 Å². The second-order valence-electron chi connectivity index (χ2n) is 6.38. The summed E-state index contributed by atoms with van der Waals surface area (Å²) in [6.07, 6.45) is 2.47. The fraction of sp³-hybridized carbons (Fsp3) is 0.647. The van der Waals surface area contributed by atoms with Crippen LogP contribution in [-0.4, -0.2) is 30.6 Å². The molecule has 19 heavy (non-hydrogen) atoms. The molecule has 0 spiro atoms. The first-order valence-electron chi connectivity index (χ1n) is 7.45. The van der Waals surface area contributed by atoms with Crippen molar-refractivity contribution in [3.63, 3.8) is 0 Å². The summed E-state index contributed by atoms with van der Waals surface area (Å²) in [5, 5.41) is 3.47. The Hall–Kier alpha value is -0.860. The molecule has 1 N–H and O–H groups in total. The fourth-order valence-corrected chi connectivity index (χ4v) is 3.15. The average molecular weight is 260 g/mol. The summed E-state index contributed by atoms with van der Waals surface area (Å²) in [5.41, 5.74) is 4.60. The summed E-state index contributed by atoms with van der Waals surface area (Å²) in [6, 6.07) is 7.37. The van der Waals surface area contributed by atoms with Crippen LogP contribution in [0.2, 0.25) is 0 Å². The van der Waals surface area contributed by atoms with Gasteiger partial charge < -0.3 is 5.32 Å². The zero-order valence-electron chi connectivity index (χ0n) is 13.1. The van der Waals surface area contributed by atoms with Gasteiger partial charge in [-0.2, -0.15) is 0 Å². The largest absolute Gasteiger partial charge is 0.314 e. The first-order valence-corrected chi connectivity index (χ1v) is 7.45. The minimum atomic E-state index is 0.332. The first-order chi connectivity index (χ1) is 8.95. The Morgan fingerprint density at radius 2 is 1.84 bits per heavy atom. The molecular formula is C17H28N2. The molecule has 1 aliphatic rings. The van der Waals surface area contributed by atoms with Crippen molar-refractivity contribution in [1.29, 1.82) is 0 Å². The Morgan fingerprint density at radius 3 is 2.37 bits per heavy atom. The molecule has 106 valence electrons. The van der Waals surface area contributed by atoms with E-state index in [0.29, 0.717) is 11.6 Å². The van der Waals surface area contributed by atoms with Crippen molar-refractivity contribution >= 4 is 0 Å². The number of rotatable bonds is 3. The molecule has 2 nitrogen and oxygen atoms in total. The van der Waals surface area contributed by atoms with Gasteiger partial charge in [-0.1, -0.05) is 23.8 Å². The summed E-state index contributed by atoms with van der Waals surface area (Å²) in [7, 11) is 2.09. The lowest BCUT2D eigenvalue weighted by Crippen LogP contribution is -2.50. The summed E-state index contributed by atoms with van der Waals surface area (Å²) < 4.78 is 0. The van der Waals surface area contributed by atoms with Crippen LogP contribution < -0.4 is 5.32 Å². The highest BCUT2D eigenvalue weighted by atomic mass is 15.2. The van der Waals surface area contributed by atoms with Crippen LogP contribution in [0, 0.1) is 13.8 Å². The number of piperidine rings is 1. The van der Waals surface area contributed by atoms with Gasteiger partial charge in [-0.3, -0.25) is 4.90 Å². The summed E-state index contributed by atoms with van der Waals surface area (Å²) in [5.74, 6) is 0. The van der Waals surface area contributed by atoms with Gasteiger partial charge in [-0.25, -0.2) is 0 Å². The van der Waals surface area contributed by atoms with Crippen LogP contribution in [0.1, 0.15) is 49.4 Å². The summed E-state index contributed by atoms with van der Waals surface area (Å²) >= 11 is 0. The number of likely N-dealkylation sites (tertiary alicyclic amines) is 1. The van der Waals surface area contributed by atoms with E-state index in [1.54, 1.807) is 0 Å². The highest BCUT2D eigenvalue weighted by Crippen LogP contribution is 2.30. The molecule has 0 saturated carbocycles. The molecule has 0 aromatic heterocycles. The van der Waals surface area contributed by atoms with Crippen LogP contribution in [0.4, 0.5) is 0 Å². The predicted octanol–water partition coefficient (Wildman–Crippen LogP) is 3.44. The maximum absolute atomic E-state index is 3.47. The molecular weight excluding hydrogens is 232 g/mol. The minimum absolute atomic E-state index is 0.332. The highest BCUT2D eigenvalue weighted by Gasteiger charge is 2.30. The summed E-state index contributed by atoms with van der Waals surface area (Å²) in [6.45, 7) is 11.5. The van der Waals surface area contributed by atoms with E-state index < -0.39 is 0 Å². The van der Waals surface area contributed by atoms with Gasteiger partial charge in [0.1, 0.15) is 0 Å². The lowest BCUT2D eigenvalue weighted by Gasteiger charge is -2.42. The molecule has 0 radical (unpaired) electrons. The number of hydrogen-bond donors (Lipinski definition) is 1. The third kappa shape index (κ3) is 3.18. The topological polar surface area (TPSA) is 15.3 Å². The van der Waals surface area contributed by atoms with Gasteiger partial charge in [0.15, 0.2) is 0 Å². The van der Waals surface area contributed by atoms with Gasteiger partial charge in [0.05, 0.1) is 0 Å². The monoisotopic (exact) mass is 260 g/mol. The van der Waals surface area contributed by atoms with Crippen molar-refractivity contribution in [1.82, 2.24) is 10.2 Å². The van der Waals surface area contributed by atoms with Crippen LogP contribution in [0.3, 0.4) is 0 Å². The van der Waals surface area contributed by atoms with Crippen molar-refractivity contribution in [2.45, 2.75) is 52.1 Å². The van der Waals surface area contributed by atoms with E-state index >= 15 is 0 Å². The standard InChI is InChI=1S/C17H28N2/c1-13-6-7-16(14(2)12-13)15(3)19-10-8-17(4,18-5)9-11-19/h6-7,12,15,18H,8-11H2,1-5H3. The molecule has 1 fully saturated rings. The number of aryl methyl sites for hydroxylation is 2. The SMILES string of the molecule is CNC1(C)CCN(C(C)c2ccc(C)cc2C)CC1.